The third-order valence-corrected chi connectivity index (χ3v) is 4.77. The number of hydrogen-bond acceptors (Lipinski definition) is 2. The Labute approximate surface area is 148 Å². The Morgan fingerprint density at radius 2 is 2.00 bits per heavy atom. The van der Waals surface area contributed by atoms with Crippen LogP contribution in [0.25, 0.3) is 0 Å². The molecule has 4 nitrogen and oxygen atoms in total. The number of nitrogens with one attached hydrogen (secondary N) is 1. The molecule has 1 saturated heterocycles. The van der Waals surface area contributed by atoms with E-state index in [2.05, 4.69) is 31.3 Å². The maximum atomic E-state index is 12.7. The van der Waals surface area contributed by atoms with Gasteiger partial charge in [0.15, 0.2) is 0 Å². The average Bonchev–Trinajstić information content (AvgIpc) is 3.06. The number of amides is 2. The third-order valence-electron chi connectivity index (χ3n) is 4.77. The Morgan fingerprint density at radius 1 is 1.20 bits per heavy atom. The van der Waals surface area contributed by atoms with Crippen molar-refractivity contribution in [3.8, 4) is 0 Å². The maximum Gasteiger partial charge on any atom is 0.251 e. The fourth-order valence-corrected chi connectivity index (χ4v) is 3.36. The lowest BCUT2D eigenvalue weighted by Gasteiger charge is -2.20. The van der Waals surface area contributed by atoms with E-state index < -0.39 is 0 Å². The van der Waals surface area contributed by atoms with E-state index in [0.29, 0.717) is 12.0 Å². The molecule has 1 atom stereocenters. The third kappa shape index (κ3) is 3.73. The minimum Gasteiger partial charge on any atom is -0.345 e. The number of aryl methyl sites for hydroxylation is 1. The maximum absolute atomic E-state index is 12.7. The monoisotopic (exact) mass is 336 g/mol. The molecule has 2 aromatic rings. The van der Waals surface area contributed by atoms with Gasteiger partial charge in [0, 0.05) is 24.2 Å². The molecule has 4 heteroatoms. The lowest BCUT2D eigenvalue weighted by atomic mass is 9.99. The highest BCUT2D eigenvalue weighted by molar-refractivity contribution is 5.99. The molecule has 0 bridgehead atoms. The fourth-order valence-electron chi connectivity index (χ4n) is 3.36. The van der Waals surface area contributed by atoms with E-state index >= 15 is 0 Å². The SMILES string of the molecule is CC[C@H](NC(=O)c1cccc(N2CCCC2=O)c1)c1ccccc1C. The first-order valence-corrected chi connectivity index (χ1v) is 8.87. The average molecular weight is 336 g/mol. The number of carbonyl (C=O) groups is 2. The van der Waals surface area contributed by atoms with Crippen molar-refractivity contribution in [3.05, 3.63) is 65.2 Å². The number of benzene rings is 2. The number of carbonyl (C=O) groups excluding carboxylic acids is 2. The molecule has 2 aromatic carbocycles. The van der Waals surface area contributed by atoms with Crippen molar-refractivity contribution in [1.29, 1.82) is 0 Å². The zero-order valence-electron chi connectivity index (χ0n) is 14.8. The largest absolute Gasteiger partial charge is 0.345 e. The van der Waals surface area contributed by atoms with Gasteiger partial charge in [-0.25, -0.2) is 0 Å². The molecule has 0 unspecified atom stereocenters. The number of anilines is 1. The first-order chi connectivity index (χ1) is 12.1. The van der Waals surface area contributed by atoms with Crippen molar-refractivity contribution in [2.75, 3.05) is 11.4 Å². The van der Waals surface area contributed by atoms with Crippen LogP contribution in [0.4, 0.5) is 5.69 Å². The van der Waals surface area contributed by atoms with Crippen LogP contribution in [0, 0.1) is 6.92 Å². The highest BCUT2D eigenvalue weighted by Gasteiger charge is 2.23. The van der Waals surface area contributed by atoms with Crippen LogP contribution in [-0.2, 0) is 4.79 Å². The molecule has 2 amide bonds. The Hall–Kier alpha value is -2.62. The normalized spacial score (nSPS) is 15.3. The first kappa shape index (κ1) is 17.2. The van der Waals surface area contributed by atoms with Gasteiger partial charge in [0.05, 0.1) is 6.04 Å². The van der Waals surface area contributed by atoms with Gasteiger partial charge in [0.1, 0.15) is 0 Å². The van der Waals surface area contributed by atoms with Crippen molar-refractivity contribution >= 4 is 17.5 Å². The van der Waals surface area contributed by atoms with Gasteiger partial charge in [-0.05, 0) is 49.1 Å². The van der Waals surface area contributed by atoms with Crippen molar-refractivity contribution in [3.63, 3.8) is 0 Å². The van der Waals surface area contributed by atoms with E-state index in [4.69, 9.17) is 0 Å². The van der Waals surface area contributed by atoms with Crippen molar-refractivity contribution in [2.24, 2.45) is 0 Å². The smallest absolute Gasteiger partial charge is 0.251 e. The molecule has 130 valence electrons. The molecular weight excluding hydrogens is 312 g/mol. The molecule has 0 saturated carbocycles. The lowest BCUT2D eigenvalue weighted by Crippen LogP contribution is -2.29. The molecule has 0 aliphatic carbocycles. The summed E-state index contributed by atoms with van der Waals surface area (Å²) in [5, 5.41) is 3.13. The molecule has 0 aromatic heterocycles. The molecule has 1 aliphatic rings. The summed E-state index contributed by atoms with van der Waals surface area (Å²) in [7, 11) is 0. The van der Waals surface area contributed by atoms with Crippen LogP contribution in [-0.4, -0.2) is 18.4 Å². The fraction of sp³-hybridized carbons (Fsp3) is 0.333. The first-order valence-electron chi connectivity index (χ1n) is 8.87. The second-order valence-electron chi connectivity index (χ2n) is 6.49. The minimum absolute atomic E-state index is 0.0224. The molecule has 1 N–H and O–H groups in total. The topological polar surface area (TPSA) is 49.4 Å². The Bertz CT molecular complexity index is 785. The highest BCUT2D eigenvalue weighted by Crippen LogP contribution is 2.24. The van der Waals surface area contributed by atoms with Crippen LogP contribution in [0.3, 0.4) is 0 Å². The van der Waals surface area contributed by atoms with Crippen LogP contribution < -0.4 is 10.2 Å². The van der Waals surface area contributed by atoms with Gasteiger partial charge in [-0.3, -0.25) is 9.59 Å². The Morgan fingerprint density at radius 3 is 2.68 bits per heavy atom. The van der Waals surface area contributed by atoms with Gasteiger partial charge >= 0.3 is 0 Å². The zero-order valence-corrected chi connectivity index (χ0v) is 14.8. The second-order valence-corrected chi connectivity index (χ2v) is 6.49. The molecule has 1 aliphatic heterocycles. The molecule has 3 rings (SSSR count). The molecule has 1 fully saturated rings. The standard InChI is InChI=1S/C21H24N2O2/c1-3-19(18-11-5-4-8-15(18)2)22-21(25)16-9-6-10-17(14-16)23-13-7-12-20(23)24/h4-6,8-11,14,19H,3,7,12-13H2,1-2H3,(H,22,25)/t19-/m0/s1. The van der Waals surface area contributed by atoms with Crippen LogP contribution in [0.1, 0.15) is 53.7 Å². The summed E-state index contributed by atoms with van der Waals surface area (Å²) in [5.74, 6) is 0.0208. The van der Waals surface area contributed by atoms with Crippen molar-refractivity contribution in [1.82, 2.24) is 5.32 Å². The van der Waals surface area contributed by atoms with Gasteiger partial charge in [0.2, 0.25) is 5.91 Å². The molecule has 1 heterocycles. The minimum atomic E-state index is -0.108. The summed E-state index contributed by atoms with van der Waals surface area (Å²) in [5.41, 5.74) is 3.71. The molecule has 0 radical (unpaired) electrons. The summed E-state index contributed by atoms with van der Waals surface area (Å²) >= 11 is 0. The molecule has 0 spiro atoms. The van der Waals surface area contributed by atoms with E-state index in [0.717, 1.165) is 30.6 Å². The van der Waals surface area contributed by atoms with E-state index in [-0.39, 0.29) is 17.9 Å². The second kappa shape index (κ2) is 7.51. The zero-order chi connectivity index (χ0) is 17.8. The van der Waals surface area contributed by atoms with E-state index in [1.807, 2.05) is 30.3 Å². The number of nitrogens with zero attached hydrogens (tertiary/aromatic N) is 1. The molecule has 25 heavy (non-hydrogen) atoms. The van der Waals surface area contributed by atoms with Crippen LogP contribution in [0.15, 0.2) is 48.5 Å². The molecular formula is C21H24N2O2. The Balaban J connectivity index is 1.79. The van der Waals surface area contributed by atoms with E-state index in [1.54, 1.807) is 11.0 Å². The van der Waals surface area contributed by atoms with Gasteiger partial charge in [-0.15, -0.1) is 0 Å². The van der Waals surface area contributed by atoms with Gasteiger partial charge in [-0.1, -0.05) is 37.3 Å². The van der Waals surface area contributed by atoms with Gasteiger partial charge in [0.25, 0.3) is 5.91 Å². The van der Waals surface area contributed by atoms with Crippen LogP contribution in [0.2, 0.25) is 0 Å². The highest BCUT2D eigenvalue weighted by atomic mass is 16.2. The summed E-state index contributed by atoms with van der Waals surface area (Å²) in [6.45, 7) is 4.85. The lowest BCUT2D eigenvalue weighted by molar-refractivity contribution is -0.117. The van der Waals surface area contributed by atoms with Crippen LogP contribution >= 0.6 is 0 Å². The van der Waals surface area contributed by atoms with Gasteiger partial charge < -0.3 is 10.2 Å². The van der Waals surface area contributed by atoms with Gasteiger partial charge in [-0.2, -0.15) is 0 Å². The Kier molecular flexibility index (Phi) is 5.17. The summed E-state index contributed by atoms with van der Waals surface area (Å²) in [4.78, 5) is 26.4. The van der Waals surface area contributed by atoms with E-state index in [9.17, 15) is 9.59 Å². The van der Waals surface area contributed by atoms with E-state index in [1.165, 1.54) is 5.56 Å². The number of hydrogen-bond donors (Lipinski definition) is 1. The summed E-state index contributed by atoms with van der Waals surface area (Å²) in [6.07, 6.45) is 2.28. The predicted octanol–water partition coefficient (Wildman–Crippen LogP) is 4.00. The quantitative estimate of drug-likeness (QED) is 0.897. The van der Waals surface area contributed by atoms with Crippen molar-refractivity contribution in [2.45, 2.75) is 39.2 Å². The predicted molar refractivity (Wildman–Crippen MR) is 99.7 cm³/mol. The van der Waals surface area contributed by atoms with Crippen molar-refractivity contribution < 1.29 is 9.59 Å². The number of rotatable bonds is 5. The summed E-state index contributed by atoms with van der Waals surface area (Å²) in [6, 6.07) is 15.4. The summed E-state index contributed by atoms with van der Waals surface area (Å²) < 4.78 is 0. The van der Waals surface area contributed by atoms with Crippen LogP contribution in [0.5, 0.6) is 0 Å².